The van der Waals surface area contributed by atoms with Crippen LogP contribution in [0.25, 0.3) is 0 Å². The molecule has 4 heteroatoms. The van der Waals surface area contributed by atoms with E-state index in [1.165, 1.54) is 19.3 Å². The SMILES string of the molecule is C.Cc1c(N)c(=O)n(C2CCCCC2)n1C. The van der Waals surface area contributed by atoms with Crippen LogP contribution in [0.5, 0.6) is 0 Å². The zero-order valence-electron chi connectivity index (χ0n) is 9.49. The predicted molar refractivity (Wildman–Crippen MR) is 67.7 cm³/mol. The van der Waals surface area contributed by atoms with Gasteiger partial charge in [0.1, 0.15) is 5.69 Å². The summed E-state index contributed by atoms with van der Waals surface area (Å²) in [7, 11) is 1.92. The number of nitrogens with two attached hydrogens (primary N) is 1. The molecule has 2 N–H and O–H groups in total. The molecule has 1 aliphatic rings. The van der Waals surface area contributed by atoms with E-state index in [2.05, 4.69) is 0 Å². The van der Waals surface area contributed by atoms with E-state index in [0.29, 0.717) is 11.7 Å². The lowest BCUT2D eigenvalue weighted by atomic mass is 9.96. The van der Waals surface area contributed by atoms with Crippen molar-refractivity contribution in [1.82, 2.24) is 9.36 Å². The van der Waals surface area contributed by atoms with Crippen molar-refractivity contribution < 1.29 is 0 Å². The minimum absolute atomic E-state index is 0. The van der Waals surface area contributed by atoms with E-state index in [9.17, 15) is 4.79 Å². The Bertz CT molecular complexity index is 411. The zero-order chi connectivity index (χ0) is 11.0. The molecule has 2 rings (SSSR count). The highest BCUT2D eigenvalue weighted by atomic mass is 16.1. The summed E-state index contributed by atoms with van der Waals surface area (Å²) in [5.41, 5.74) is 7.03. The van der Waals surface area contributed by atoms with Crippen LogP contribution >= 0.6 is 0 Å². The average Bonchev–Trinajstić information content (AvgIpc) is 2.45. The van der Waals surface area contributed by atoms with Crippen molar-refractivity contribution in [3.63, 3.8) is 0 Å². The van der Waals surface area contributed by atoms with Crippen LogP contribution in [0.2, 0.25) is 0 Å². The topological polar surface area (TPSA) is 53.0 Å². The second-order valence-electron chi connectivity index (χ2n) is 4.46. The minimum atomic E-state index is -0.0121. The Hall–Kier alpha value is -1.19. The standard InChI is InChI=1S/C11H19N3O.CH4/c1-8-10(12)11(15)14(13(8)2)9-6-4-3-5-7-9;/h9H,3-7,12H2,1-2H3;1H4. The first kappa shape index (κ1) is 12.9. The first-order valence-electron chi connectivity index (χ1n) is 5.66. The zero-order valence-corrected chi connectivity index (χ0v) is 9.49. The first-order valence-corrected chi connectivity index (χ1v) is 5.66. The lowest BCUT2D eigenvalue weighted by Crippen LogP contribution is -2.28. The van der Waals surface area contributed by atoms with Gasteiger partial charge in [-0.1, -0.05) is 26.7 Å². The van der Waals surface area contributed by atoms with Gasteiger partial charge in [0.15, 0.2) is 0 Å². The molecule has 1 saturated carbocycles. The average molecular weight is 225 g/mol. The van der Waals surface area contributed by atoms with Crippen molar-refractivity contribution >= 4 is 5.69 Å². The van der Waals surface area contributed by atoms with E-state index < -0.39 is 0 Å². The molecule has 0 atom stereocenters. The molecule has 0 unspecified atom stereocenters. The molecule has 1 aromatic heterocycles. The molecule has 0 amide bonds. The molecular formula is C12H23N3O. The molecule has 4 nitrogen and oxygen atoms in total. The molecule has 0 saturated heterocycles. The largest absolute Gasteiger partial charge is 0.393 e. The van der Waals surface area contributed by atoms with Crippen LogP contribution in [0.3, 0.4) is 0 Å². The van der Waals surface area contributed by atoms with Crippen LogP contribution in [-0.4, -0.2) is 9.36 Å². The third-order valence-electron chi connectivity index (χ3n) is 3.56. The maximum atomic E-state index is 11.9. The molecule has 0 spiro atoms. The lowest BCUT2D eigenvalue weighted by molar-refractivity contribution is 0.293. The number of aromatic nitrogens is 2. The Kier molecular flexibility index (Phi) is 3.83. The van der Waals surface area contributed by atoms with Gasteiger partial charge in [0.2, 0.25) is 0 Å². The number of nitrogens with zero attached hydrogens (tertiary/aromatic N) is 2. The van der Waals surface area contributed by atoms with Gasteiger partial charge in [0.05, 0.1) is 11.7 Å². The Morgan fingerprint density at radius 2 is 1.81 bits per heavy atom. The van der Waals surface area contributed by atoms with E-state index in [4.69, 9.17) is 5.73 Å². The van der Waals surface area contributed by atoms with Crippen molar-refractivity contribution in [3.05, 3.63) is 16.0 Å². The highest BCUT2D eigenvalue weighted by Gasteiger charge is 2.21. The van der Waals surface area contributed by atoms with Crippen LogP contribution in [-0.2, 0) is 7.05 Å². The predicted octanol–water partition coefficient (Wildman–Crippen LogP) is 2.22. The molecule has 92 valence electrons. The van der Waals surface area contributed by atoms with Gasteiger partial charge >= 0.3 is 0 Å². The third kappa shape index (κ3) is 1.88. The highest BCUT2D eigenvalue weighted by molar-refractivity contribution is 5.40. The molecule has 0 aliphatic heterocycles. The van der Waals surface area contributed by atoms with Gasteiger partial charge in [-0.25, -0.2) is 4.68 Å². The summed E-state index contributed by atoms with van der Waals surface area (Å²) in [6.45, 7) is 1.90. The molecule has 0 bridgehead atoms. The second kappa shape index (κ2) is 4.76. The fraction of sp³-hybridized carbons (Fsp3) is 0.750. The summed E-state index contributed by atoms with van der Waals surface area (Å²) in [5, 5.41) is 0. The van der Waals surface area contributed by atoms with E-state index in [1.54, 1.807) is 0 Å². The van der Waals surface area contributed by atoms with Gasteiger partial charge in [0.25, 0.3) is 5.56 Å². The molecule has 16 heavy (non-hydrogen) atoms. The van der Waals surface area contributed by atoms with Gasteiger partial charge in [0, 0.05) is 7.05 Å². The third-order valence-corrected chi connectivity index (χ3v) is 3.56. The molecule has 0 aromatic carbocycles. The number of hydrogen-bond acceptors (Lipinski definition) is 2. The maximum Gasteiger partial charge on any atom is 0.290 e. The van der Waals surface area contributed by atoms with Gasteiger partial charge in [-0.05, 0) is 19.8 Å². The van der Waals surface area contributed by atoms with Crippen LogP contribution in [0.1, 0.15) is 51.3 Å². The van der Waals surface area contributed by atoms with Crippen molar-refractivity contribution in [1.29, 1.82) is 0 Å². The van der Waals surface area contributed by atoms with Gasteiger partial charge < -0.3 is 5.73 Å². The second-order valence-corrected chi connectivity index (χ2v) is 4.46. The summed E-state index contributed by atoms with van der Waals surface area (Å²) < 4.78 is 3.75. The van der Waals surface area contributed by atoms with Crippen LogP contribution < -0.4 is 11.3 Å². The Morgan fingerprint density at radius 1 is 1.25 bits per heavy atom. The normalized spacial score (nSPS) is 17.1. The fourth-order valence-electron chi connectivity index (χ4n) is 2.49. The van der Waals surface area contributed by atoms with Gasteiger partial charge in [-0.15, -0.1) is 0 Å². The van der Waals surface area contributed by atoms with Gasteiger partial charge in [-0.3, -0.25) is 9.48 Å². The highest BCUT2D eigenvalue weighted by Crippen LogP contribution is 2.27. The maximum absolute atomic E-state index is 11.9. The molecule has 0 radical (unpaired) electrons. The quantitative estimate of drug-likeness (QED) is 0.796. The van der Waals surface area contributed by atoms with Crippen molar-refractivity contribution in [3.8, 4) is 0 Å². The van der Waals surface area contributed by atoms with E-state index in [-0.39, 0.29) is 13.0 Å². The van der Waals surface area contributed by atoms with Crippen molar-refractivity contribution in [2.45, 2.75) is 52.5 Å². The van der Waals surface area contributed by atoms with Gasteiger partial charge in [-0.2, -0.15) is 0 Å². The molecule has 1 aromatic rings. The number of hydrogen-bond donors (Lipinski definition) is 1. The monoisotopic (exact) mass is 225 g/mol. The minimum Gasteiger partial charge on any atom is -0.393 e. The molecule has 1 heterocycles. The molecule has 1 fully saturated rings. The van der Waals surface area contributed by atoms with Crippen molar-refractivity contribution in [2.75, 3.05) is 5.73 Å². The van der Waals surface area contributed by atoms with Crippen LogP contribution in [0, 0.1) is 6.92 Å². The summed E-state index contributed by atoms with van der Waals surface area (Å²) in [6.07, 6.45) is 5.96. The number of anilines is 1. The Labute approximate surface area is 97.0 Å². The number of nitrogen functional groups attached to an aromatic ring is 1. The summed E-state index contributed by atoms with van der Waals surface area (Å²) in [4.78, 5) is 11.9. The lowest BCUT2D eigenvalue weighted by Gasteiger charge is -2.24. The number of rotatable bonds is 1. The van der Waals surface area contributed by atoms with Crippen LogP contribution in [0.4, 0.5) is 5.69 Å². The Morgan fingerprint density at radius 3 is 2.25 bits per heavy atom. The summed E-state index contributed by atoms with van der Waals surface area (Å²) in [5.74, 6) is 0. The van der Waals surface area contributed by atoms with E-state index in [1.807, 2.05) is 23.3 Å². The smallest absolute Gasteiger partial charge is 0.290 e. The van der Waals surface area contributed by atoms with Crippen LogP contribution in [0.15, 0.2) is 4.79 Å². The summed E-state index contributed by atoms with van der Waals surface area (Å²) >= 11 is 0. The first-order chi connectivity index (χ1) is 7.13. The van der Waals surface area contributed by atoms with Crippen molar-refractivity contribution in [2.24, 2.45) is 7.05 Å². The summed E-state index contributed by atoms with van der Waals surface area (Å²) in [6, 6.07) is 0.354. The Balaban J connectivity index is 0.00000128. The van der Waals surface area contributed by atoms with E-state index >= 15 is 0 Å². The fourth-order valence-corrected chi connectivity index (χ4v) is 2.49. The molecule has 1 aliphatic carbocycles. The molecular weight excluding hydrogens is 202 g/mol. The van der Waals surface area contributed by atoms with E-state index in [0.717, 1.165) is 18.5 Å².